The van der Waals surface area contributed by atoms with Gasteiger partial charge in [0.05, 0.1) is 11.1 Å². The summed E-state index contributed by atoms with van der Waals surface area (Å²) in [6.07, 6.45) is 2.18. The average Bonchev–Trinajstić information content (AvgIpc) is 2.77. The summed E-state index contributed by atoms with van der Waals surface area (Å²) in [6.45, 7) is 18.7. The van der Waals surface area contributed by atoms with Gasteiger partial charge in [-0.2, -0.15) is 0 Å². The highest BCUT2D eigenvalue weighted by Gasteiger charge is 2.33. The van der Waals surface area contributed by atoms with Gasteiger partial charge in [-0.25, -0.2) is 4.79 Å². The maximum Gasteiger partial charge on any atom is 0.340 e. The predicted octanol–water partition coefficient (Wildman–Crippen LogP) is 5.52. The Bertz CT molecular complexity index is 713. The van der Waals surface area contributed by atoms with E-state index in [-0.39, 0.29) is 16.8 Å². The van der Waals surface area contributed by atoms with Gasteiger partial charge in [-0.05, 0) is 74.1 Å². The SMILES string of the molecule is C/C(=N/OC(=O)C(C)(C)C)c1cc(C(C)(C)C)cc2c1CCC2(C)C. The molecular formula is C22H33NO2. The van der Waals surface area contributed by atoms with E-state index < -0.39 is 5.41 Å². The molecule has 138 valence electrons. The van der Waals surface area contributed by atoms with Crippen LogP contribution in [0.25, 0.3) is 0 Å². The van der Waals surface area contributed by atoms with Crippen LogP contribution in [0.5, 0.6) is 0 Å². The number of rotatable bonds is 2. The highest BCUT2D eigenvalue weighted by atomic mass is 16.7. The lowest BCUT2D eigenvalue weighted by molar-refractivity contribution is -0.152. The second-order valence-electron chi connectivity index (χ2n) is 9.99. The number of benzene rings is 1. The normalized spacial score (nSPS) is 17.4. The molecule has 1 aliphatic carbocycles. The second-order valence-corrected chi connectivity index (χ2v) is 9.99. The number of carbonyl (C=O) groups is 1. The van der Waals surface area contributed by atoms with Crippen LogP contribution in [0.2, 0.25) is 0 Å². The molecule has 0 N–H and O–H groups in total. The van der Waals surface area contributed by atoms with E-state index in [0.29, 0.717) is 0 Å². The zero-order chi connectivity index (χ0) is 19.2. The number of fused-ring (bicyclic) bond motifs is 1. The third kappa shape index (κ3) is 4.13. The summed E-state index contributed by atoms with van der Waals surface area (Å²) in [5, 5.41) is 4.18. The van der Waals surface area contributed by atoms with Gasteiger partial charge in [0.15, 0.2) is 0 Å². The highest BCUT2D eigenvalue weighted by molar-refractivity contribution is 6.01. The van der Waals surface area contributed by atoms with Crippen LogP contribution in [-0.2, 0) is 26.9 Å². The van der Waals surface area contributed by atoms with E-state index in [1.165, 1.54) is 16.7 Å². The maximum absolute atomic E-state index is 12.0. The van der Waals surface area contributed by atoms with Gasteiger partial charge in [0.1, 0.15) is 0 Å². The van der Waals surface area contributed by atoms with Crippen LogP contribution in [0.3, 0.4) is 0 Å². The number of hydrogen-bond acceptors (Lipinski definition) is 3. The van der Waals surface area contributed by atoms with Crippen LogP contribution in [0.4, 0.5) is 0 Å². The molecular weight excluding hydrogens is 310 g/mol. The van der Waals surface area contributed by atoms with Crippen molar-refractivity contribution in [3.63, 3.8) is 0 Å². The van der Waals surface area contributed by atoms with Crippen molar-refractivity contribution in [2.45, 2.75) is 86.0 Å². The molecule has 0 atom stereocenters. The molecule has 0 unspecified atom stereocenters. The molecule has 0 amide bonds. The summed E-state index contributed by atoms with van der Waals surface area (Å²) in [4.78, 5) is 17.2. The van der Waals surface area contributed by atoms with E-state index in [2.05, 4.69) is 51.9 Å². The fourth-order valence-electron chi connectivity index (χ4n) is 3.17. The zero-order valence-electron chi connectivity index (χ0n) is 17.3. The van der Waals surface area contributed by atoms with E-state index in [1.54, 1.807) is 0 Å². The van der Waals surface area contributed by atoms with Crippen LogP contribution in [-0.4, -0.2) is 11.7 Å². The molecule has 0 saturated carbocycles. The van der Waals surface area contributed by atoms with E-state index in [1.807, 2.05) is 27.7 Å². The van der Waals surface area contributed by atoms with Crippen molar-refractivity contribution in [3.05, 3.63) is 34.4 Å². The molecule has 0 aromatic heterocycles. The smallest absolute Gasteiger partial charge is 0.317 e. The number of carbonyl (C=O) groups excluding carboxylic acids is 1. The number of nitrogens with zero attached hydrogens (tertiary/aromatic N) is 1. The summed E-state index contributed by atoms with van der Waals surface area (Å²) in [5.41, 5.74) is 5.64. The van der Waals surface area contributed by atoms with Gasteiger partial charge in [-0.1, -0.05) is 45.8 Å². The van der Waals surface area contributed by atoms with Crippen molar-refractivity contribution in [1.82, 2.24) is 0 Å². The molecule has 2 rings (SSSR count). The van der Waals surface area contributed by atoms with Gasteiger partial charge >= 0.3 is 5.97 Å². The first-order chi connectivity index (χ1) is 11.2. The first-order valence-electron chi connectivity index (χ1n) is 9.18. The summed E-state index contributed by atoms with van der Waals surface area (Å²) in [7, 11) is 0. The van der Waals surface area contributed by atoms with Crippen molar-refractivity contribution >= 4 is 11.7 Å². The Hall–Kier alpha value is -1.64. The minimum atomic E-state index is -0.555. The monoisotopic (exact) mass is 343 g/mol. The first kappa shape index (κ1) is 19.7. The molecule has 25 heavy (non-hydrogen) atoms. The van der Waals surface area contributed by atoms with E-state index in [0.717, 1.165) is 24.1 Å². The molecule has 0 bridgehead atoms. The molecule has 0 aliphatic heterocycles. The topological polar surface area (TPSA) is 38.7 Å². The fraction of sp³-hybridized carbons (Fsp3) is 0.636. The maximum atomic E-state index is 12.0. The first-order valence-corrected chi connectivity index (χ1v) is 9.18. The van der Waals surface area contributed by atoms with Gasteiger partial charge < -0.3 is 4.84 Å². The lowest BCUT2D eigenvalue weighted by Crippen LogP contribution is -2.22. The van der Waals surface area contributed by atoms with Gasteiger partial charge in [0.25, 0.3) is 0 Å². The highest BCUT2D eigenvalue weighted by Crippen LogP contribution is 2.42. The van der Waals surface area contributed by atoms with Crippen LogP contribution >= 0.6 is 0 Å². The van der Waals surface area contributed by atoms with Crippen LogP contribution in [0.15, 0.2) is 17.3 Å². The molecule has 0 saturated heterocycles. The van der Waals surface area contributed by atoms with Gasteiger partial charge in [-0.3, -0.25) is 0 Å². The molecule has 1 aromatic carbocycles. The van der Waals surface area contributed by atoms with E-state index >= 15 is 0 Å². The fourth-order valence-corrected chi connectivity index (χ4v) is 3.17. The lowest BCUT2D eigenvalue weighted by atomic mass is 9.79. The standard InChI is InChI=1S/C22H33NO2/c1-14(23-25-19(24)21(5,6)7)17-12-15(20(2,3)4)13-18-16(17)10-11-22(18,8)9/h12-13H,10-11H2,1-9H3/b23-14-. The molecule has 0 radical (unpaired) electrons. The summed E-state index contributed by atoms with van der Waals surface area (Å²) in [5.74, 6) is -0.309. The van der Waals surface area contributed by atoms with Gasteiger partial charge in [-0.15, -0.1) is 0 Å². The lowest BCUT2D eigenvalue weighted by Gasteiger charge is -2.26. The molecule has 0 fully saturated rings. The minimum absolute atomic E-state index is 0.0603. The minimum Gasteiger partial charge on any atom is -0.317 e. The molecule has 1 aliphatic rings. The largest absolute Gasteiger partial charge is 0.340 e. The Morgan fingerprint density at radius 2 is 1.72 bits per heavy atom. The van der Waals surface area contributed by atoms with Crippen molar-refractivity contribution < 1.29 is 9.63 Å². The number of oxime groups is 1. The molecule has 0 spiro atoms. The van der Waals surface area contributed by atoms with Gasteiger partial charge in [0.2, 0.25) is 0 Å². The molecule has 1 aromatic rings. The van der Waals surface area contributed by atoms with E-state index in [9.17, 15) is 4.79 Å². The van der Waals surface area contributed by atoms with E-state index in [4.69, 9.17) is 4.84 Å². The van der Waals surface area contributed by atoms with Crippen molar-refractivity contribution in [1.29, 1.82) is 0 Å². The second kappa shape index (κ2) is 6.26. The van der Waals surface area contributed by atoms with Crippen molar-refractivity contribution in [2.75, 3.05) is 0 Å². The van der Waals surface area contributed by atoms with Crippen molar-refractivity contribution in [3.8, 4) is 0 Å². The third-order valence-electron chi connectivity index (χ3n) is 5.11. The third-order valence-corrected chi connectivity index (χ3v) is 5.11. The summed E-state index contributed by atoms with van der Waals surface area (Å²) in [6, 6.07) is 4.59. The van der Waals surface area contributed by atoms with Crippen LogP contribution in [0, 0.1) is 5.41 Å². The molecule has 3 nitrogen and oxygen atoms in total. The Morgan fingerprint density at radius 3 is 2.24 bits per heavy atom. The Balaban J connectivity index is 2.50. The summed E-state index contributed by atoms with van der Waals surface area (Å²) >= 11 is 0. The average molecular weight is 344 g/mol. The summed E-state index contributed by atoms with van der Waals surface area (Å²) < 4.78 is 0. The predicted molar refractivity (Wildman–Crippen MR) is 104 cm³/mol. The van der Waals surface area contributed by atoms with Crippen molar-refractivity contribution in [2.24, 2.45) is 10.6 Å². The van der Waals surface area contributed by atoms with Crippen LogP contribution in [0.1, 0.15) is 91.0 Å². The van der Waals surface area contributed by atoms with Crippen LogP contribution < -0.4 is 0 Å². The Morgan fingerprint density at radius 1 is 1.12 bits per heavy atom. The molecule has 0 heterocycles. The Labute approximate surface area is 152 Å². The quantitative estimate of drug-likeness (QED) is 0.403. The van der Waals surface area contributed by atoms with Gasteiger partial charge in [0, 0.05) is 5.56 Å². The Kier molecular flexibility index (Phi) is 4.93. The zero-order valence-corrected chi connectivity index (χ0v) is 17.3. The molecule has 3 heteroatoms. The number of hydrogen-bond donors (Lipinski definition) is 0.